The minimum absolute atomic E-state index is 0.263. The fraction of sp³-hybridized carbons (Fsp3) is 0.462. The summed E-state index contributed by atoms with van der Waals surface area (Å²) >= 11 is 4.25. The van der Waals surface area contributed by atoms with Crippen LogP contribution in [0.1, 0.15) is 12.0 Å². The molecule has 1 aromatic rings. The van der Waals surface area contributed by atoms with Gasteiger partial charge in [0.15, 0.2) is 0 Å². The molecule has 0 aromatic heterocycles. The maximum absolute atomic E-state index is 11.7. The van der Waals surface area contributed by atoms with Crippen LogP contribution in [0.15, 0.2) is 24.3 Å². The van der Waals surface area contributed by atoms with E-state index in [4.69, 9.17) is 5.73 Å². The van der Waals surface area contributed by atoms with E-state index in [1.165, 1.54) is 5.56 Å². The number of benzene rings is 1. The van der Waals surface area contributed by atoms with Crippen LogP contribution in [0, 0.1) is 5.92 Å². The second kappa shape index (κ2) is 5.45. The maximum atomic E-state index is 11.7. The third-order valence-corrected chi connectivity index (χ3v) is 3.72. The number of hydrogen-bond acceptors (Lipinski definition) is 3. The number of nitrogens with two attached hydrogens (primary N) is 1. The highest BCUT2D eigenvalue weighted by molar-refractivity contribution is 7.80. The van der Waals surface area contributed by atoms with Gasteiger partial charge in [-0.15, -0.1) is 0 Å². The number of carbonyl (C=O) groups is 1. The van der Waals surface area contributed by atoms with Crippen molar-refractivity contribution < 1.29 is 4.79 Å². The van der Waals surface area contributed by atoms with Crippen LogP contribution in [-0.4, -0.2) is 29.6 Å². The van der Waals surface area contributed by atoms with Gasteiger partial charge in [-0.2, -0.15) is 12.6 Å². The lowest BCUT2D eigenvalue weighted by atomic mass is 10.1. The van der Waals surface area contributed by atoms with Crippen molar-refractivity contribution in [1.29, 1.82) is 0 Å². The summed E-state index contributed by atoms with van der Waals surface area (Å²) in [5, 5.41) is 0. The molecule has 0 radical (unpaired) electrons. The van der Waals surface area contributed by atoms with Gasteiger partial charge in [-0.05, 0) is 35.8 Å². The van der Waals surface area contributed by atoms with Gasteiger partial charge in [0, 0.05) is 25.2 Å². The van der Waals surface area contributed by atoms with Crippen molar-refractivity contribution in [1.82, 2.24) is 4.90 Å². The van der Waals surface area contributed by atoms with Gasteiger partial charge in [-0.3, -0.25) is 4.79 Å². The van der Waals surface area contributed by atoms with Crippen molar-refractivity contribution in [3.05, 3.63) is 29.8 Å². The Kier molecular flexibility index (Phi) is 3.94. The number of hydrogen-bond donors (Lipinski definition) is 2. The summed E-state index contributed by atoms with van der Waals surface area (Å²) in [5.41, 5.74) is 7.63. The molecule has 1 fully saturated rings. The van der Waals surface area contributed by atoms with Crippen LogP contribution in [-0.2, 0) is 11.2 Å². The van der Waals surface area contributed by atoms with E-state index < -0.39 is 0 Å². The topological polar surface area (TPSA) is 46.3 Å². The van der Waals surface area contributed by atoms with Crippen LogP contribution in [0.25, 0.3) is 0 Å². The lowest BCUT2D eigenvalue weighted by Crippen LogP contribution is -2.27. The first-order valence-corrected chi connectivity index (χ1v) is 6.55. The molecular formula is C13H18N2OS. The van der Waals surface area contributed by atoms with Gasteiger partial charge in [0.05, 0.1) is 0 Å². The zero-order valence-corrected chi connectivity index (χ0v) is 10.7. The highest BCUT2D eigenvalue weighted by Gasteiger charge is 2.27. The molecule has 1 amide bonds. The summed E-state index contributed by atoms with van der Waals surface area (Å²) in [6.07, 6.45) is 1.55. The third kappa shape index (κ3) is 3.16. The monoisotopic (exact) mass is 250 g/mol. The first kappa shape index (κ1) is 12.3. The van der Waals surface area contributed by atoms with Crippen LogP contribution in [0.5, 0.6) is 0 Å². The molecule has 1 unspecified atom stereocenters. The molecule has 1 aliphatic heterocycles. The summed E-state index contributed by atoms with van der Waals surface area (Å²) in [4.78, 5) is 13.6. The molecule has 0 saturated carbocycles. The Labute approximate surface area is 107 Å². The van der Waals surface area contributed by atoms with Gasteiger partial charge in [0.1, 0.15) is 0 Å². The normalized spacial score (nSPS) is 19.9. The Bertz CT molecular complexity index is 391. The van der Waals surface area contributed by atoms with Crippen LogP contribution in [0.3, 0.4) is 0 Å². The summed E-state index contributed by atoms with van der Waals surface area (Å²) in [5.74, 6) is 1.49. The van der Waals surface area contributed by atoms with Crippen molar-refractivity contribution in [3.8, 4) is 0 Å². The second-order valence-electron chi connectivity index (χ2n) is 4.58. The van der Waals surface area contributed by atoms with Crippen LogP contribution < -0.4 is 5.73 Å². The zero-order valence-electron chi connectivity index (χ0n) is 9.80. The molecule has 2 rings (SSSR count). The van der Waals surface area contributed by atoms with Gasteiger partial charge in [-0.1, -0.05) is 12.1 Å². The van der Waals surface area contributed by atoms with Crippen molar-refractivity contribution in [3.63, 3.8) is 0 Å². The minimum Gasteiger partial charge on any atom is -0.399 e. The van der Waals surface area contributed by atoms with E-state index >= 15 is 0 Å². The number of nitrogen functional groups attached to an aromatic ring is 1. The van der Waals surface area contributed by atoms with Crippen molar-refractivity contribution in [2.24, 2.45) is 5.92 Å². The summed E-state index contributed by atoms with van der Waals surface area (Å²) < 4.78 is 0. The van der Waals surface area contributed by atoms with Crippen LogP contribution in [0.2, 0.25) is 0 Å². The molecule has 1 atom stereocenters. The molecular weight excluding hydrogens is 232 g/mol. The smallest absolute Gasteiger partial charge is 0.222 e. The Balaban J connectivity index is 1.86. The Morgan fingerprint density at radius 1 is 1.35 bits per heavy atom. The van der Waals surface area contributed by atoms with Crippen molar-refractivity contribution >= 4 is 24.2 Å². The summed E-state index contributed by atoms with van der Waals surface area (Å²) in [6, 6.07) is 7.84. The van der Waals surface area contributed by atoms with E-state index in [1.807, 2.05) is 29.2 Å². The highest BCUT2D eigenvalue weighted by atomic mass is 32.1. The van der Waals surface area contributed by atoms with E-state index in [-0.39, 0.29) is 5.91 Å². The largest absolute Gasteiger partial charge is 0.399 e. The van der Waals surface area contributed by atoms with E-state index in [0.29, 0.717) is 12.3 Å². The molecule has 0 spiro atoms. The van der Waals surface area contributed by atoms with E-state index in [9.17, 15) is 4.79 Å². The minimum atomic E-state index is 0.263. The number of amides is 1. The molecule has 17 heavy (non-hydrogen) atoms. The SMILES string of the molecule is Nc1ccc(CCN2CC(CS)CC2=O)cc1. The predicted octanol–water partition coefficient (Wildman–Crippen LogP) is 1.59. The predicted molar refractivity (Wildman–Crippen MR) is 73.1 cm³/mol. The fourth-order valence-electron chi connectivity index (χ4n) is 2.14. The second-order valence-corrected chi connectivity index (χ2v) is 4.95. The lowest BCUT2D eigenvalue weighted by molar-refractivity contribution is -0.127. The van der Waals surface area contributed by atoms with Gasteiger partial charge >= 0.3 is 0 Å². The number of carbonyl (C=O) groups excluding carboxylic acids is 1. The average Bonchev–Trinajstić information content (AvgIpc) is 2.69. The molecule has 4 heteroatoms. The molecule has 0 aliphatic carbocycles. The number of rotatable bonds is 4. The standard InChI is InChI=1S/C13H18N2OS/c14-12-3-1-10(2-4-12)5-6-15-8-11(9-17)7-13(15)16/h1-4,11,17H,5-9,14H2. The Hall–Kier alpha value is -1.16. The lowest BCUT2D eigenvalue weighted by Gasteiger charge is -2.16. The number of nitrogens with zero attached hydrogens (tertiary/aromatic N) is 1. The molecule has 2 N–H and O–H groups in total. The van der Waals surface area contributed by atoms with E-state index in [0.717, 1.165) is 31.0 Å². The molecule has 0 bridgehead atoms. The summed E-state index contributed by atoms with van der Waals surface area (Å²) in [6.45, 7) is 1.66. The maximum Gasteiger partial charge on any atom is 0.222 e. The van der Waals surface area contributed by atoms with Crippen molar-refractivity contribution in [2.75, 3.05) is 24.6 Å². The van der Waals surface area contributed by atoms with E-state index in [1.54, 1.807) is 0 Å². The number of anilines is 1. The third-order valence-electron chi connectivity index (χ3n) is 3.20. The number of likely N-dealkylation sites (tertiary alicyclic amines) is 1. The Morgan fingerprint density at radius 3 is 2.65 bits per heavy atom. The van der Waals surface area contributed by atoms with Crippen LogP contribution in [0.4, 0.5) is 5.69 Å². The fourth-order valence-corrected chi connectivity index (χ4v) is 2.39. The molecule has 1 aromatic carbocycles. The average molecular weight is 250 g/mol. The molecule has 1 aliphatic rings. The first-order valence-electron chi connectivity index (χ1n) is 5.92. The van der Waals surface area contributed by atoms with Gasteiger partial charge in [0.2, 0.25) is 5.91 Å². The van der Waals surface area contributed by atoms with Gasteiger partial charge < -0.3 is 10.6 Å². The van der Waals surface area contributed by atoms with Gasteiger partial charge in [-0.25, -0.2) is 0 Å². The number of thiol groups is 1. The molecule has 92 valence electrons. The van der Waals surface area contributed by atoms with Crippen molar-refractivity contribution in [2.45, 2.75) is 12.8 Å². The molecule has 1 heterocycles. The molecule has 3 nitrogen and oxygen atoms in total. The Morgan fingerprint density at radius 2 is 2.06 bits per heavy atom. The van der Waals surface area contributed by atoms with E-state index in [2.05, 4.69) is 12.6 Å². The van der Waals surface area contributed by atoms with Crippen LogP contribution >= 0.6 is 12.6 Å². The summed E-state index contributed by atoms with van der Waals surface area (Å²) in [7, 11) is 0. The highest BCUT2D eigenvalue weighted by Crippen LogP contribution is 2.19. The molecule has 1 saturated heterocycles. The zero-order chi connectivity index (χ0) is 12.3. The first-order chi connectivity index (χ1) is 8.19. The quantitative estimate of drug-likeness (QED) is 0.629. The van der Waals surface area contributed by atoms with Gasteiger partial charge in [0.25, 0.3) is 0 Å².